The molecule has 0 fully saturated rings. The van der Waals surface area contributed by atoms with Gasteiger partial charge in [-0.15, -0.1) is 0 Å². The van der Waals surface area contributed by atoms with Crippen molar-refractivity contribution in [2.75, 3.05) is 17.7 Å². The summed E-state index contributed by atoms with van der Waals surface area (Å²) in [7, 11) is 1.56. The third-order valence-electron chi connectivity index (χ3n) is 4.61. The van der Waals surface area contributed by atoms with Crippen molar-refractivity contribution >= 4 is 39.6 Å². The summed E-state index contributed by atoms with van der Waals surface area (Å²) in [5.74, 6) is 0.992. The Kier molecular flexibility index (Phi) is 5.13. The molecule has 0 aliphatic heterocycles. The Labute approximate surface area is 172 Å². The highest BCUT2D eigenvalue weighted by Gasteiger charge is 2.22. The van der Waals surface area contributed by atoms with Gasteiger partial charge in [-0.1, -0.05) is 42.5 Å². The van der Waals surface area contributed by atoms with Crippen LogP contribution in [0, 0.1) is 17.0 Å². The van der Waals surface area contributed by atoms with E-state index < -0.39 is 4.92 Å². The monoisotopic (exact) mass is 401 g/mol. The molecule has 1 aromatic heterocycles. The highest BCUT2D eigenvalue weighted by atomic mass is 16.6. The Morgan fingerprint density at radius 1 is 0.967 bits per heavy atom. The molecule has 2 N–H and O–H groups in total. The van der Waals surface area contributed by atoms with Crippen LogP contribution in [0.3, 0.4) is 0 Å². The summed E-state index contributed by atoms with van der Waals surface area (Å²) in [4.78, 5) is 19.8. The molecule has 0 radical (unpaired) electrons. The lowest BCUT2D eigenvalue weighted by atomic mass is 10.1. The van der Waals surface area contributed by atoms with Crippen molar-refractivity contribution < 1.29 is 9.66 Å². The zero-order valence-electron chi connectivity index (χ0n) is 16.4. The first-order chi connectivity index (χ1) is 14.5. The first-order valence-corrected chi connectivity index (χ1v) is 9.24. The lowest BCUT2D eigenvalue weighted by Crippen LogP contribution is -2.07. The van der Waals surface area contributed by atoms with Crippen molar-refractivity contribution in [1.82, 2.24) is 9.97 Å². The molecule has 8 nitrogen and oxygen atoms in total. The Morgan fingerprint density at radius 3 is 2.53 bits per heavy atom. The van der Waals surface area contributed by atoms with Crippen LogP contribution in [-0.2, 0) is 0 Å². The number of aromatic nitrogens is 2. The predicted molar refractivity (Wildman–Crippen MR) is 117 cm³/mol. The van der Waals surface area contributed by atoms with Gasteiger partial charge in [-0.05, 0) is 30.5 Å². The average Bonchev–Trinajstić information content (AvgIpc) is 2.73. The van der Waals surface area contributed by atoms with E-state index in [1.807, 2.05) is 42.5 Å². The number of nitro groups is 1. The quantitative estimate of drug-likeness (QED) is 0.332. The fourth-order valence-electron chi connectivity index (χ4n) is 3.22. The first-order valence-electron chi connectivity index (χ1n) is 9.24. The maximum atomic E-state index is 11.6. The van der Waals surface area contributed by atoms with Crippen LogP contribution in [-0.4, -0.2) is 22.0 Å². The van der Waals surface area contributed by atoms with Crippen LogP contribution in [0.15, 0.2) is 66.7 Å². The van der Waals surface area contributed by atoms with Gasteiger partial charge >= 0.3 is 5.69 Å². The average molecular weight is 401 g/mol. The largest absolute Gasteiger partial charge is 0.497 e. The van der Waals surface area contributed by atoms with Gasteiger partial charge in [-0.3, -0.25) is 10.1 Å². The molecular formula is C22H19N5O3. The molecule has 8 heteroatoms. The lowest BCUT2D eigenvalue weighted by molar-refractivity contribution is -0.385. The van der Waals surface area contributed by atoms with E-state index in [0.29, 0.717) is 11.4 Å². The van der Waals surface area contributed by atoms with E-state index in [-0.39, 0.29) is 23.1 Å². The third kappa shape index (κ3) is 3.83. The van der Waals surface area contributed by atoms with Gasteiger partial charge in [0.1, 0.15) is 11.4 Å². The molecule has 0 amide bonds. The van der Waals surface area contributed by atoms with Crippen LogP contribution in [0.1, 0.15) is 5.69 Å². The summed E-state index contributed by atoms with van der Waals surface area (Å²) in [5, 5.41) is 19.9. The number of fused-ring (bicyclic) bond motifs is 1. The molecule has 150 valence electrons. The maximum Gasteiger partial charge on any atom is 0.332 e. The molecule has 0 aliphatic rings. The minimum atomic E-state index is -0.487. The molecule has 3 aromatic carbocycles. The van der Waals surface area contributed by atoms with Crippen LogP contribution >= 0.6 is 0 Å². The summed E-state index contributed by atoms with van der Waals surface area (Å²) < 4.78 is 5.22. The fraction of sp³-hybridized carbons (Fsp3) is 0.0909. The molecule has 1 heterocycles. The van der Waals surface area contributed by atoms with Crippen molar-refractivity contribution in [3.63, 3.8) is 0 Å². The molecule has 0 bridgehead atoms. The fourth-order valence-corrected chi connectivity index (χ4v) is 3.22. The number of methoxy groups -OCH3 is 1. The summed E-state index contributed by atoms with van der Waals surface area (Å²) >= 11 is 0. The number of nitrogens with one attached hydrogen (secondary N) is 2. The maximum absolute atomic E-state index is 11.6. The van der Waals surface area contributed by atoms with Gasteiger partial charge in [-0.25, -0.2) is 4.98 Å². The number of aryl methyl sites for hydroxylation is 1. The van der Waals surface area contributed by atoms with Crippen molar-refractivity contribution in [3.8, 4) is 5.75 Å². The Bertz CT molecular complexity index is 1240. The van der Waals surface area contributed by atoms with Crippen LogP contribution < -0.4 is 15.4 Å². The van der Waals surface area contributed by atoms with E-state index in [1.54, 1.807) is 38.3 Å². The van der Waals surface area contributed by atoms with Gasteiger partial charge in [0.25, 0.3) is 0 Å². The van der Waals surface area contributed by atoms with Gasteiger partial charge in [0.05, 0.1) is 12.0 Å². The van der Waals surface area contributed by atoms with Gasteiger partial charge in [0.2, 0.25) is 11.8 Å². The second kappa shape index (κ2) is 8.04. The SMILES string of the molecule is COc1cccc(Nc2nc(Nc3cccc4ccccc34)nc(C)c2[N+](=O)[O-])c1. The molecule has 30 heavy (non-hydrogen) atoms. The van der Waals surface area contributed by atoms with Gasteiger partial charge in [0, 0.05) is 22.8 Å². The summed E-state index contributed by atoms with van der Waals surface area (Å²) in [6.07, 6.45) is 0. The molecule has 0 saturated carbocycles. The summed E-state index contributed by atoms with van der Waals surface area (Å²) in [6.45, 7) is 1.59. The molecular weight excluding hydrogens is 382 g/mol. The van der Waals surface area contributed by atoms with E-state index in [2.05, 4.69) is 20.6 Å². The Morgan fingerprint density at radius 2 is 1.73 bits per heavy atom. The smallest absolute Gasteiger partial charge is 0.332 e. The predicted octanol–water partition coefficient (Wildman–Crippen LogP) is 5.34. The molecule has 0 atom stereocenters. The van der Waals surface area contributed by atoms with Gasteiger partial charge in [-0.2, -0.15) is 4.98 Å². The number of ether oxygens (including phenoxy) is 1. The number of benzene rings is 3. The summed E-state index contributed by atoms with van der Waals surface area (Å²) in [6, 6.07) is 20.9. The second-order valence-corrected chi connectivity index (χ2v) is 6.60. The minimum absolute atomic E-state index is 0.100. The van der Waals surface area contributed by atoms with Crippen LogP contribution in [0.4, 0.5) is 28.8 Å². The number of hydrogen-bond acceptors (Lipinski definition) is 7. The minimum Gasteiger partial charge on any atom is -0.497 e. The van der Waals surface area contributed by atoms with E-state index in [4.69, 9.17) is 4.74 Å². The lowest BCUT2D eigenvalue weighted by Gasteiger charge is -2.12. The molecule has 0 saturated heterocycles. The number of anilines is 4. The highest BCUT2D eigenvalue weighted by Crippen LogP contribution is 2.32. The standard InChI is InChI=1S/C22H19N5O3/c1-14-20(27(28)29)21(24-16-9-6-10-17(13-16)30-2)26-22(23-14)25-19-12-5-8-15-7-3-4-11-18(15)19/h3-13H,1-2H3,(H2,23,24,25,26). The molecule has 0 spiro atoms. The molecule has 0 unspecified atom stereocenters. The molecule has 4 aromatic rings. The third-order valence-corrected chi connectivity index (χ3v) is 4.61. The number of rotatable bonds is 6. The molecule has 4 rings (SSSR count). The van der Waals surface area contributed by atoms with Crippen molar-refractivity contribution in [2.45, 2.75) is 6.92 Å². The van der Waals surface area contributed by atoms with Crippen LogP contribution in [0.2, 0.25) is 0 Å². The van der Waals surface area contributed by atoms with E-state index >= 15 is 0 Å². The molecule has 0 aliphatic carbocycles. The van der Waals surface area contributed by atoms with Gasteiger partial charge in [0.15, 0.2) is 0 Å². The van der Waals surface area contributed by atoms with Crippen LogP contribution in [0.25, 0.3) is 10.8 Å². The van der Waals surface area contributed by atoms with Crippen molar-refractivity contribution in [1.29, 1.82) is 0 Å². The number of hydrogen-bond donors (Lipinski definition) is 2. The van der Waals surface area contributed by atoms with E-state index in [9.17, 15) is 10.1 Å². The highest BCUT2D eigenvalue weighted by molar-refractivity contribution is 5.95. The van der Waals surface area contributed by atoms with E-state index in [0.717, 1.165) is 16.5 Å². The zero-order chi connectivity index (χ0) is 21.1. The van der Waals surface area contributed by atoms with Crippen molar-refractivity contribution in [2.24, 2.45) is 0 Å². The normalized spacial score (nSPS) is 10.6. The van der Waals surface area contributed by atoms with Crippen molar-refractivity contribution in [3.05, 3.63) is 82.5 Å². The zero-order valence-corrected chi connectivity index (χ0v) is 16.4. The topological polar surface area (TPSA) is 102 Å². The first kappa shape index (κ1) is 19.1. The van der Waals surface area contributed by atoms with Gasteiger partial charge < -0.3 is 15.4 Å². The van der Waals surface area contributed by atoms with Crippen LogP contribution in [0.5, 0.6) is 5.75 Å². The second-order valence-electron chi connectivity index (χ2n) is 6.60. The Hall–Kier alpha value is -4.20. The Balaban J connectivity index is 1.75. The summed E-state index contributed by atoms with van der Waals surface area (Å²) in [5.41, 5.74) is 1.50. The van der Waals surface area contributed by atoms with E-state index in [1.165, 1.54) is 0 Å². The number of nitrogens with zero attached hydrogens (tertiary/aromatic N) is 3.